The van der Waals surface area contributed by atoms with Crippen molar-refractivity contribution in [1.82, 2.24) is 0 Å². The zero-order valence-corrected chi connectivity index (χ0v) is 9.66. The molecule has 1 atom stereocenters. The van der Waals surface area contributed by atoms with E-state index in [9.17, 15) is 0 Å². The molecule has 0 amide bonds. The smallest absolute Gasteiger partial charge is 0.175 e. The average Bonchev–Trinajstić information content (AvgIpc) is 2.29. The highest BCUT2D eigenvalue weighted by Crippen LogP contribution is 2.41. The number of rotatable bonds is 2. The second-order valence-corrected chi connectivity index (χ2v) is 4.14. The van der Waals surface area contributed by atoms with Crippen LogP contribution >= 0.6 is 15.9 Å². The molecule has 1 aliphatic heterocycles. The number of aliphatic hydroxyl groups excluding tert-OH is 1. The molecule has 0 saturated carbocycles. The third kappa shape index (κ3) is 1.95. The highest BCUT2D eigenvalue weighted by molar-refractivity contribution is 9.10. The molecule has 5 heteroatoms. The second-order valence-electron chi connectivity index (χ2n) is 3.28. The molecule has 0 aromatic heterocycles. The Bertz CT molecular complexity index is 370. The molecule has 1 heterocycles. The molecule has 0 radical (unpaired) electrons. The van der Waals surface area contributed by atoms with Crippen molar-refractivity contribution in [3.63, 3.8) is 0 Å². The lowest BCUT2D eigenvalue weighted by molar-refractivity contribution is 0.166. The van der Waals surface area contributed by atoms with Gasteiger partial charge in [0.05, 0.1) is 17.1 Å². The Morgan fingerprint density at radius 2 is 2.00 bits per heavy atom. The predicted molar refractivity (Wildman–Crippen MR) is 59.1 cm³/mol. The van der Waals surface area contributed by atoms with E-state index in [1.807, 2.05) is 12.1 Å². The molecule has 1 unspecified atom stereocenters. The SMILES string of the molecule is NC(CO)c1ccc(Br)c2c1OCCO2. The Morgan fingerprint density at radius 1 is 1.33 bits per heavy atom. The van der Waals surface area contributed by atoms with Crippen LogP contribution in [0.5, 0.6) is 11.5 Å². The Balaban J connectivity index is 2.48. The van der Waals surface area contributed by atoms with Gasteiger partial charge in [-0.25, -0.2) is 0 Å². The van der Waals surface area contributed by atoms with E-state index in [1.54, 1.807) is 0 Å². The lowest BCUT2D eigenvalue weighted by Crippen LogP contribution is -2.21. The molecule has 0 spiro atoms. The highest BCUT2D eigenvalue weighted by atomic mass is 79.9. The Kier molecular flexibility index (Phi) is 3.14. The van der Waals surface area contributed by atoms with Crippen LogP contribution in [0.3, 0.4) is 0 Å². The maximum Gasteiger partial charge on any atom is 0.175 e. The average molecular weight is 274 g/mol. The van der Waals surface area contributed by atoms with Gasteiger partial charge in [0, 0.05) is 5.56 Å². The van der Waals surface area contributed by atoms with Gasteiger partial charge in [-0.05, 0) is 22.0 Å². The molecule has 0 aliphatic carbocycles. The first-order chi connectivity index (χ1) is 7.24. The highest BCUT2D eigenvalue weighted by Gasteiger charge is 2.21. The summed E-state index contributed by atoms with van der Waals surface area (Å²) in [7, 11) is 0. The normalized spacial score (nSPS) is 16.2. The fraction of sp³-hybridized carbons (Fsp3) is 0.400. The van der Waals surface area contributed by atoms with Crippen LogP contribution in [0.1, 0.15) is 11.6 Å². The van der Waals surface area contributed by atoms with Crippen molar-refractivity contribution >= 4 is 15.9 Å². The minimum Gasteiger partial charge on any atom is -0.486 e. The molecule has 82 valence electrons. The molecule has 1 aromatic carbocycles. The van der Waals surface area contributed by atoms with Crippen molar-refractivity contribution in [2.24, 2.45) is 5.73 Å². The van der Waals surface area contributed by atoms with Gasteiger partial charge in [-0.2, -0.15) is 0 Å². The summed E-state index contributed by atoms with van der Waals surface area (Å²) in [6.45, 7) is 0.926. The number of benzene rings is 1. The van der Waals surface area contributed by atoms with Crippen LogP contribution in [0, 0.1) is 0 Å². The summed E-state index contributed by atoms with van der Waals surface area (Å²) in [5, 5.41) is 9.03. The van der Waals surface area contributed by atoms with Crippen LogP contribution < -0.4 is 15.2 Å². The van der Waals surface area contributed by atoms with Gasteiger partial charge >= 0.3 is 0 Å². The quantitative estimate of drug-likeness (QED) is 0.850. The summed E-state index contributed by atoms with van der Waals surface area (Å²) < 4.78 is 11.8. The Hall–Kier alpha value is -0.780. The van der Waals surface area contributed by atoms with E-state index < -0.39 is 6.04 Å². The van der Waals surface area contributed by atoms with E-state index in [-0.39, 0.29) is 6.61 Å². The van der Waals surface area contributed by atoms with Gasteiger partial charge in [0.25, 0.3) is 0 Å². The van der Waals surface area contributed by atoms with E-state index in [2.05, 4.69) is 15.9 Å². The maximum atomic E-state index is 9.03. The number of aliphatic hydroxyl groups is 1. The second kappa shape index (κ2) is 4.38. The molecule has 3 N–H and O–H groups in total. The van der Waals surface area contributed by atoms with Crippen LogP contribution in [0.2, 0.25) is 0 Å². The molecule has 0 fully saturated rings. The summed E-state index contributed by atoms with van der Waals surface area (Å²) in [4.78, 5) is 0. The number of nitrogens with two attached hydrogens (primary N) is 1. The number of halogens is 1. The topological polar surface area (TPSA) is 64.7 Å². The van der Waals surface area contributed by atoms with Crippen molar-refractivity contribution in [3.05, 3.63) is 22.2 Å². The monoisotopic (exact) mass is 273 g/mol. The molecule has 0 bridgehead atoms. The fourth-order valence-electron chi connectivity index (χ4n) is 1.52. The molecular formula is C10H12BrNO3. The van der Waals surface area contributed by atoms with Gasteiger partial charge in [0.15, 0.2) is 11.5 Å². The molecular weight excluding hydrogens is 262 g/mol. The van der Waals surface area contributed by atoms with Crippen LogP contribution in [0.4, 0.5) is 0 Å². The first-order valence-electron chi connectivity index (χ1n) is 4.68. The fourth-order valence-corrected chi connectivity index (χ4v) is 1.94. The third-order valence-electron chi connectivity index (χ3n) is 2.27. The minimum atomic E-state index is -0.437. The molecule has 15 heavy (non-hydrogen) atoms. The van der Waals surface area contributed by atoms with Crippen LogP contribution in [-0.2, 0) is 0 Å². The minimum absolute atomic E-state index is 0.114. The molecule has 1 aromatic rings. The number of hydrogen-bond donors (Lipinski definition) is 2. The van der Waals surface area contributed by atoms with Gasteiger partial charge < -0.3 is 20.3 Å². The van der Waals surface area contributed by atoms with Crippen molar-refractivity contribution in [3.8, 4) is 11.5 Å². The van der Waals surface area contributed by atoms with Crippen LogP contribution in [-0.4, -0.2) is 24.9 Å². The van der Waals surface area contributed by atoms with Gasteiger partial charge in [-0.1, -0.05) is 6.07 Å². The van der Waals surface area contributed by atoms with Gasteiger partial charge in [0.2, 0.25) is 0 Å². The molecule has 1 aliphatic rings. The number of hydrogen-bond acceptors (Lipinski definition) is 4. The Labute approximate surface area is 96.1 Å². The number of fused-ring (bicyclic) bond motifs is 1. The van der Waals surface area contributed by atoms with Gasteiger partial charge in [-0.3, -0.25) is 0 Å². The third-order valence-corrected chi connectivity index (χ3v) is 2.89. The summed E-state index contributed by atoms with van der Waals surface area (Å²) >= 11 is 3.38. The first-order valence-corrected chi connectivity index (χ1v) is 5.47. The standard InChI is InChI=1S/C10H12BrNO3/c11-7-2-1-6(8(12)5-13)9-10(7)15-4-3-14-9/h1-2,8,13H,3-5,12H2. The van der Waals surface area contributed by atoms with E-state index in [4.69, 9.17) is 20.3 Å². The van der Waals surface area contributed by atoms with E-state index in [1.165, 1.54) is 0 Å². The van der Waals surface area contributed by atoms with Crippen LogP contribution in [0.25, 0.3) is 0 Å². The van der Waals surface area contributed by atoms with E-state index in [0.29, 0.717) is 24.7 Å². The zero-order valence-electron chi connectivity index (χ0n) is 8.07. The zero-order chi connectivity index (χ0) is 10.8. The number of ether oxygens (including phenoxy) is 2. The van der Waals surface area contributed by atoms with Crippen molar-refractivity contribution in [2.75, 3.05) is 19.8 Å². The lowest BCUT2D eigenvalue weighted by atomic mass is 10.1. The summed E-state index contributed by atoms with van der Waals surface area (Å²) in [5.41, 5.74) is 6.54. The van der Waals surface area contributed by atoms with E-state index >= 15 is 0 Å². The van der Waals surface area contributed by atoms with Crippen LogP contribution in [0.15, 0.2) is 16.6 Å². The molecule has 0 saturated heterocycles. The van der Waals surface area contributed by atoms with Crippen molar-refractivity contribution in [2.45, 2.75) is 6.04 Å². The predicted octanol–water partition coefficient (Wildman–Crippen LogP) is 1.21. The first kappa shape index (κ1) is 10.7. The van der Waals surface area contributed by atoms with Crippen molar-refractivity contribution < 1.29 is 14.6 Å². The summed E-state index contributed by atoms with van der Waals surface area (Å²) in [6, 6.07) is 3.24. The van der Waals surface area contributed by atoms with Gasteiger partial charge in [-0.15, -0.1) is 0 Å². The van der Waals surface area contributed by atoms with Crippen molar-refractivity contribution in [1.29, 1.82) is 0 Å². The largest absolute Gasteiger partial charge is 0.486 e. The maximum absolute atomic E-state index is 9.03. The molecule has 4 nitrogen and oxygen atoms in total. The summed E-state index contributed by atoms with van der Waals surface area (Å²) in [5.74, 6) is 1.31. The summed E-state index contributed by atoms with van der Waals surface area (Å²) in [6.07, 6.45) is 0. The Morgan fingerprint density at radius 3 is 2.67 bits per heavy atom. The van der Waals surface area contributed by atoms with Gasteiger partial charge in [0.1, 0.15) is 13.2 Å². The lowest BCUT2D eigenvalue weighted by Gasteiger charge is -2.23. The van der Waals surface area contributed by atoms with E-state index in [0.717, 1.165) is 10.0 Å². The molecule has 2 rings (SSSR count).